The van der Waals surface area contributed by atoms with Gasteiger partial charge in [0.1, 0.15) is 0 Å². The molecule has 2 heterocycles. The van der Waals surface area contributed by atoms with Crippen molar-refractivity contribution in [1.82, 2.24) is 10.2 Å². The van der Waals surface area contributed by atoms with Gasteiger partial charge in [-0.05, 0) is 62.4 Å². The number of hydrogen-bond donors (Lipinski definition) is 1. The van der Waals surface area contributed by atoms with Gasteiger partial charge in [-0.1, -0.05) is 20.8 Å². The van der Waals surface area contributed by atoms with Crippen molar-refractivity contribution in [3.05, 3.63) is 0 Å². The van der Waals surface area contributed by atoms with Gasteiger partial charge in [-0.25, -0.2) is 0 Å². The van der Waals surface area contributed by atoms with Gasteiger partial charge in [0.15, 0.2) is 0 Å². The topological polar surface area (TPSA) is 32.3 Å². The molecule has 2 saturated heterocycles. The maximum absolute atomic E-state index is 12.4. The number of likely N-dealkylation sites (tertiary alicyclic amines) is 1. The molecule has 0 aromatic heterocycles. The number of carbonyl (C=O) groups excluding carboxylic acids is 1. The van der Waals surface area contributed by atoms with Crippen LogP contribution in [-0.4, -0.2) is 37.0 Å². The summed E-state index contributed by atoms with van der Waals surface area (Å²) in [6, 6.07) is 0. The smallest absolute Gasteiger partial charge is 0.222 e. The maximum atomic E-state index is 12.4. The van der Waals surface area contributed by atoms with Crippen molar-refractivity contribution in [2.45, 2.75) is 52.9 Å². The molecule has 0 radical (unpaired) electrons. The Balaban J connectivity index is 1.74. The minimum atomic E-state index is 0.405. The number of rotatable bonds is 5. The summed E-state index contributed by atoms with van der Waals surface area (Å²) in [5.74, 6) is 3.20. The van der Waals surface area contributed by atoms with E-state index in [2.05, 4.69) is 31.0 Å². The molecule has 0 bridgehead atoms. The summed E-state index contributed by atoms with van der Waals surface area (Å²) in [5, 5.41) is 3.41. The third-order valence-corrected chi connectivity index (χ3v) is 5.13. The van der Waals surface area contributed by atoms with Crippen LogP contribution < -0.4 is 5.32 Å². The van der Waals surface area contributed by atoms with Crippen molar-refractivity contribution in [1.29, 1.82) is 0 Å². The van der Waals surface area contributed by atoms with Crippen LogP contribution in [0.4, 0.5) is 0 Å². The van der Waals surface area contributed by atoms with Crippen LogP contribution in [0.3, 0.4) is 0 Å². The molecule has 2 aliphatic heterocycles. The average molecular weight is 280 g/mol. The molecule has 20 heavy (non-hydrogen) atoms. The van der Waals surface area contributed by atoms with E-state index < -0.39 is 0 Å². The van der Waals surface area contributed by atoms with Gasteiger partial charge in [-0.2, -0.15) is 0 Å². The highest BCUT2D eigenvalue weighted by Crippen LogP contribution is 2.28. The van der Waals surface area contributed by atoms with Crippen LogP contribution in [0, 0.1) is 23.7 Å². The summed E-state index contributed by atoms with van der Waals surface area (Å²) in [5.41, 5.74) is 0. The first-order valence-electron chi connectivity index (χ1n) is 8.54. The molecule has 2 fully saturated rings. The van der Waals surface area contributed by atoms with Crippen molar-refractivity contribution >= 4 is 5.91 Å². The van der Waals surface area contributed by atoms with Crippen molar-refractivity contribution in [2.24, 2.45) is 23.7 Å². The Morgan fingerprint density at radius 1 is 1.20 bits per heavy atom. The number of amides is 1. The molecule has 0 saturated carbocycles. The number of piperidine rings is 1. The third-order valence-electron chi connectivity index (χ3n) is 5.13. The molecular weight excluding hydrogens is 248 g/mol. The molecular formula is C17H32N2O. The SMILES string of the molecule is CC(C)CC1CCN(C(=O)CC(C)C2CCNCC2)C1. The van der Waals surface area contributed by atoms with Gasteiger partial charge in [0.25, 0.3) is 0 Å². The van der Waals surface area contributed by atoms with Crippen LogP contribution in [0.1, 0.15) is 52.9 Å². The van der Waals surface area contributed by atoms with E-state index in [0.717, 1.165) is 50.4 Å². The number of hydrogen-bond acceptors (Lipinski definition) is 2. The highest BCUT2D eigenvalue weighted by atomic mass is 16.2. The molecule has 0 aromatic carbocycles. The van der Waals surface area contributed by atoms with Crippen LogP contribution in [-0.2, 0) is 4.79 Å². The zero-order valence-corrected chi connectivity index (χ0v) is 13.5. The molecule has 3 nitrogen and oxygen atoms in total. The van der Waals surface area contributed by atoms with Crippen molar-refractivity contribution in [2.75, 3.05) is 26.2 Å². The number of carbonyl (C=O) groups is 1. The van der Waals surface area contributed by atoms with Gasteiger partial charge >= 0.3 is 0 Å². The quantitative estimate of drug-likeness (QED) is 0.840. The van der Waals surface area contributed by atoms with Gasteiger partial charge in [-0.15, -0.1) is 0 Å². The van der Waals surface area contributed by atoms with Gasteiger partial charge < -0.3 is 10.2 Å². The second kappa shape index (κ2) is 7.44. The standard InChI is InChI=1S/C17H32N2O/c1-13(2)10-15-6-9-19(12-15)17(20)11-14(3)16-4-7-18-8-5-16/h13-16,18H,4-12H2,1-3H3. The van der Waals surface area contributed by atoms with E-state index in [1.54, 1.807) is 0 Å². The van der Waals surface area contributed by atoms with E-state index in [9.17, 15) is 4.79 Å². The highest BCUT2D eigenvalue weighted by Gasteiger charge is 2.29. The van der Waals surface area contributed by atoms with E-state index >= 15 is 0 Å². The first kappa shape index (κ1) is 15.8. The fourth-order valence-corrected chi connectivity index (χ4v) is 3.90. The summed E-state index contributed by atoms with van der Waals surface area (Å²) >= 11 is 0. The van der Waals surface area contributed by atoms with E-state index in [0.29, 0.717) is 11.8 Å². The van der Waals surface area contributed by atoms with E-state index in [1.165, 1.54) is 25.7 Å². The summed E-state index contributed by atoms with van der Waals surface area (Å²) in [6.45, 7) is 11.1. The molecule has 0 aliphatic carbocycles. The van der Waals surface area contributed by atoms with Crippen LogP contribution in [0.2, 0.25) is 0 Å². The lowest BCUT2D eigenvalue weighted by Crippen LogP contribution is -2.34. The normalized spacial score (nSPS) is 26.2. The maximum Gasteiger partial charge on any atom is 0.222 e. The third kappa shape index (κ3) is 4.47. The Labute approximate surface area is 124 Å². The van der Waals surface area contributed by atoms with Gasteiger partial charge in [-0.3, -0.25) is 4.79 Å². The molecule has 0 aromatic rings. The number of nitrogens with zero attached hydrogens (tertiary/aromatic N) is 1. The van der Waals surface area contributed by atoms with Crippen LogP contribution in [0.5, 0.6) is 0 Å². The van der Waals surface area contributed by atoms with Crippen molar-refractivity contribution in [3.63, 3.8) is 0 Å². The zero-order chi connectivity index (χ0) is 14.5. The minimum absolute atomic E-state index is 0.405. The lowest BCUT2D eigenvalue weighted by molar-refractivity contribution is -0.131. The molecule has 2 aliphatic rings. The summed E-state index contributed by atoms with van der Waals surface area (Å²) < 4.78 is 0. The van der Waals surface area contributed by atoms with Crippen LogP contribution in [0.15, 0.2) is 0 Å². The first-order valence-corrected chi connectivity index (χ1v) is 8.54. The average Bonchev–Trinajstić information content (AvgIpc) is 2.87. The fraction of sp³-hybridized carbons (Fsp3) is 0.941. The Morgan fingerprint density at radius 3 is 2.55 bits per heavy atom. The predicted octanol–water partition coefficient (Wildman–Crippen LogP) is 2.91. The second-order valence-electron chi connectivity index (χ2n) is 7.39. The highest BCUT2D eigenvalue weighted by molar-refractivity contribution is 5.76. The summed E-state index contributed by atoms with van der Waals surface area (Å²) in [7, 11) is 0. The lowest BCUT2D eigenvalue weighted by atomic mass is 9.84. The molecule has 1 N–H and O–H groups in total. The Hall–Kier alpha value is -0.570. The monoisotopic (exact) mass is 280 g/mol. The fourth-order valence-electron chi connectivity index (χ4n) is 3.90. The van der Waals surface area contributed by atoms with Crippen molar-refractivity contribution < 1.29 is 4.79 Å². The molecule has 3 heteroatoms. The molecule has 1 amide bonds. The predicted molar refractivity (Wildman–Crippen MR) is 83.5 cm³/mol. The van der Waals surface area contributed by atoms with Gasteiger partial charge in [0.2, 0.25) is 5.91 Å². The van der Waals surface area contributed by atoms with Gasteiger partial charge in [0.05, 0.1) is 0 Å². The van der Waals surface area contributed by atoms with Crippen LogP contribution in [0.25, 0.3) is 0 Å². The van der Waals surface area contributed by atoms with E-state index in [-0.39, 0.29) is 0 Å². The van der Waals surface area contributed by atoms with Crippen molar-refractivity contribution in [3.8, 4) is 0 Å². The molecule has 2 atom stereocenters. The summed E-state index contributed by atoms with van der Waals surface area (Å²) in [4.78, 5) is 14.6. The summed E-state index contributed by atoms with van der Waals surface area (Å²) in [6.07, 6.45) is 5.73. The van der Waals surface area contributed by atoms with E-state index in [1.807, 2.05) is 0 Å². The molecule has 2 unspecified atom stereocenters. The molecule has 116 valence electrons. The van der Waals surface area contributed by atoms with Crippen LogP contribution >= 0.6 is 0 Å². The molecule has 2 rings (SSSR count). The molecule has 0 spiro atoms. The van der Waals surface area contributed by atoms with E-state index in [4.69, 9.17) is 0 Å². The Bertz CT molecular complexity index is 310. The zero-order valence-electron chi connectivity index (χ0n) is 13.5. The Kier molecular flexibility index (Phi) is 5.88. The lowest BCUT2D eigenvalue weighted by Gasteiger charge is -2.29. The minimum Gasteiger partial charge on any atom is -0.342 e. The largest absolute Gasteiger partial charge is 0.342 e. The Morgan fingerprint density at radius 2 is 1.90 bits per heavy atom. The first-order chi connectivity index (χ1) is 9.56. The second-order valence-corrected chi connectivity index (χ2v) is 7.39. The number of nitrogens with one attached hydrogen (secondary N) is 1. The van der Waals surface area contributed by atoms with Gasteiger partial charge in [0, 0.05) is 19.5 Å².